The van der Waals surface area contributed by atoms with Gasteiger partial charge in [0.25, 0.3) is 5.91 Å². The molecule has 10 nitrogen and oxygen atoms in total. The van der Waals surface area contributed by atoms with Crippen LogP contribution in [0.1, 0.15) is 16.1 Å². The number of anilines is 2. The van der Waals surface area contributed by atoms with Gasteiger partial charge in [-0.15, -0.1) is 0 Å². The highest BCUT2D eigenvalue weighted by molar-refractivity contribution is 6.05. The van der Waals surface area contributed by atoms with Gasteiger partial charge in [0.1, 0.15) is 11.5 Å². The van der Waals surface area contributed by atoms with Gasteiger partial charge in [-0.3, -0.25) is 20.1 Å². The summed E-state index contributed by atoms with van der Waals surface area (Å²) in [6.07, 6.45) is -0.134. The van der Waals surface area contributed by atoms with E-state index < -0.39 is 23.7 Å². The molecule has 0 radical (unpaired) electrons. The fourth-order valence-corrected chi connectivity index (χ4v) is 2.72. The lowest BCUT2D eigenvalue weighted by molar-refractivity contribution is -0.137. The normalized spacial score (nSPS) is 10.4. The summed E-state index contributed by atoms with van der Waals surface area (Å²) < 4.78 is 38.3. The van der Waals surface area contributed by atoms with Gasteiger partial charge in [0, 0.05) is 28.9 Å². The first-order valence-electron chi connectivity index (χ1n) is 9.73. The van der Waals surface area contributed by atoms with Crippen molar-refractivity contribution >= 4 is 34.3 Å². The first-order valence-corrected chi connectivity index (χ1v) is 9.73. The van der Waals surface area contributed by atoms with E-state index in [1.54, 1.807) is 30.3 Å². The molecule has 0 saturated heterocycles. The maximum Gasteiger partial charge on any atom is 0.416 e. The minimum absolute atomic E-state index is 0.139. The number of urea groups is 1. The highest BCUT2D eigenvalue weighted by atomic mass is 19.4. The average Bonchev–Trinajstić information content (AvgIpc) is 2.85. The highest BCUT2D eigenvalue weighted by Crippen LogP contribution is 2.32. The molecule has 0 aliphatic rings. The van der Waals surface area contributed by atoms with E-state index in [9.17, 15) is 22.8 Å². The number of carbonyl (C=O) groups is 2. The van der Waals surface area contributed by atoms with Crippen LogP contribution in [0, 0.1) is 0 Å². The van der Waals surface area contributed by atoms with Crippen LogP contribution >= 0.6 is 0 Å². The zero-order chi connectivity index (χ0) is 25.3. The molecule has 0 saturated carbocycles. The Morgan fingerprint density at radius 1 is 0.886 bits per heavy atom. The van der Waals surface area contributed by atoms with Crippen LogP contribution in [0.2, 0.25) is 0 Å². The SMILES string of the molecule is O=C(Nc1ccccn1)Nc1ccnc2cc(C(F)(F)F)ccc12.[N-]=[N+]=NC(=O)c1ccccn1. The molecule has 35 heavy (non-hydrogen) atoms. The van der Waals surface area contributed by atoms with Gasteiger partial charge >= 0.3 is 12.2 Å². The first kappa shape index (κ1) is 24.6. The van der Waals surface area contributed by atoms with Crippen LogP contribution in [0.25, 0.3) is 21.3 Å². The van der Waals surface area contributed by atoms with Crippen molar-refractivity contribution in [2.24, 2.45) is 5.11 Å². The molecule has 13 heteroatoms. The Balaban J connectivity index is 0.000000261. The minimum Gasteiger partial charge on any atom is -0.307 e. The van der Waals surface area contributed by atoms with Crippen molar-refractivity contribution in [3.63, 3.8) is 0 Å². The van der Waals surface area contributed by atoms with Crippen molar-refractivity contribution in [3.05, 3.63) is 101 Å². The Hall–Kier alpha value is -5.03. The van der Waals surface area contributed by atoms with E-state index in [0.717, 1.165) is 12.1 Å². The van der Waals surface area contributed by atoms with Crippen molar-refractivity contribution in [2.75, 3.05) is 10.6 Å². The third-order valence-electron chi connectivity index (χ3n) is 4.24. The van der Waals surface area contributed by atoms with E-state index in [-0.39, 0.29) is 11.2 Å². The fourth-order valence-electron chi connectivity index (χ4n) is 2.72. The van der Waals surface area contributed by atoms with E-state index in [2.05, 4.69) is 35.6 Å². The number of azide groups is 1. The molecule has 3 aromatic heterocycles. The Labute approximate surface area is 195 Å². The predicted molar refractivity (Wildman–Crippen MR) is 121 cm³/mol. The monoisotopic (exact) mass is 480 g/mol. The van der Waals surface area contributed by atoms with Crippen LogP contribution in [-0.4, -0.2) is 26.9 Å². The highest BCUT2D eigenvalue weighted by Gasteiger charge is 2.30. The summed E-state index contributed by atoms with van der Waals surface area (Å²) in [7, 11) is 0. The van der Waals surface area contributed by atoms with Crippen molar-refractivity contribution < 1.29 is 22.8 Å². The van der Waals surface area contributed by atoms with Gasteiger partial charge < -0.3 is 5.32 Å². The molecule has 3 heterocycles. The van der Waals surface area contributed by atoms with Crippen LogP contribution in [-0.2, 0) is 6.18 Å². The van der Waals surface area contributed by atoms with Crippen LogP contribution in [0.15, 0.2) is 84.4 Å². The molecule has 4 rings (SSSR count). The number of nitrogens with zero attached hydrogens (tertiary/aromatic N) is 6. The lowest BCUT2D eigenvalue weighted by Gasteiger charge is -2.11. The Kier molecular flexibility index (Phi) is 7.88. The number of pyridine rings is 3. The largest absolute Gasteiger partial charge is 0.416 e. The maximum atomic E-state index is 12.8. The third-order valence-corrected chi connectivity index (χ3v) is 4.24. The summed E-state index contributed by atoms with van der Waals surface area (Å²) in [5.41, 5.74) is 7.76. The summed E-state index contributed by atoms with van der Waals surface area (Å²) in [5.74, 6) is -0.305. The zero-order valence-electron chi connectivity index (χ0n) is 17.6. The van der Waals surface area contributed by atoms with Gasteiger partial charge in [0.2, 0.25) is 0 Å². The first-order chi connectivity index (χ1) is 16.8. The molecule has 0 spiro atoms. The zero-order valence-corrected chi connectivity index (χ0v) is 17.6. The molecule has 0 fully saturated rings. The van der Waals surface area contributed by atoms with E-state index in [4.69, 9.17) is 5.53 Å². The number of carbonyl (C=O) groups excluding carboxylic acids is 2. The lowest BCUT2D eigenvalue weighted by Crippen LogP contribution is -2.20. The number of alkyl halides is 3. The standard InChI is InChI=1S/C16H11F3N4O.C6H4N4O/c17-16(18,19)10-4-5-11-12(6-8-20-13(11)9-10)22-15(24)23-14-3-1-2-7-21-14;7-10-9-6(11)5-3-1-2-4-8-5/h1-9H,(H2,20,21,22,23,24);1-4H. The summed E-state index contributed by atoms with van der Waals surface area (Å²) in [4.78, 5) is 36.7. The Bertz CT molecular complexity index is 1380. The number of fused-ring (bicyclic) bond motifs is 1. The second-order valence-electron chi connectivity index (χ2n) is 6.59. The number of nitrogens with one attached hydrogen (secondary N) is 2. The van der Waals surface area contributed by atoms with Gasteiger partial charge in [-0.1, -0.05) is 18.2 Å². The average molecular weight is 480 g/mol. The summed E-state index contributed by atoms with van der Waals surface area (Å²) >= 11 is 0. The van der Waals surface area contributed by atoms with Gasteiger partial charge in [-0.25, -0.2) is 9.78 Å². The van der Waals surface area contributed by atoms with E-state index in [1.807, 2.05) is 0 Å². The molecule has 0 unspecified atom stereocenters. The predicted octanol–water partition coefficient (Wildman–Crippen LogP) is 5.82. The van der Waals surface area contributed by atoms with Crippen LogP contribution in [0.3, 0.4) is 0 Å². The van der Waals surface area contributed by atoms with E-state index >= 15 is 0 Å². The summed E-state index contributed by atoms with van der Waals surface area (Å²) in [5, 5.41) is 8.39. The molecule has 0 atom stereocenters. The molecule has 3 amide bonds. The number of aromatic nitrogens is 3. The van der Waals surface area contributed by atoms with Crippen molar-refractivity contribution in [1.82, 2.24) is 15.0 Å². The van der Waals surface area contributed by atoms with Gasteiger partial charge in [-0.2, -0.15) is 13.2 Å². The van der Waals surface area contributed by atoms with Crippen molar-refractivity contribution in [2.45, 2.75) is 6.18 Å². The van der Waals surface area contributed by atoms with Crippen molar-refractivity contribution in [1.29, 1.82) is 0 Å². The van der Waals surface area contributed by atoms with Crippen LogP contribution in [0.4, 0.5) is 29.5 Å². The number of halogens is 3. The second kappa shape index (κ2) is 11.2. The molecule has 0 bridgehead atoms. The molecule has 1 aromatic carbocycles. The number of hydrogen-bond acceptors (Lipinski definition) is 5. The lowest BCUT2D eigenvalue weighted by atomic mass is 10.1. The topological polar surface area (TPSA) is 146 Å². The Morgan fingerprint density at radius 3 is 2.26 bits per heavy atom. The summed E-state index contributed by atoms with van der Waals surface area (Å²) in [6.45, 7) is 0. The third kappa shape index (κ3) is 6.97. The summed E-state index contributed by atoms with van der Waals surface area (Å²) in [6, 6.07) is 14.0. The molecule has 0 aliphatic carbocycles. The van der Waals surface area contributed by atoms with Gasteiger partial charge in [-0.05, 0) is 53.1 Å². The molecule has 4 aromatic rings. The van der Waals surface area contributed by atoms with Gasteiger partial charge in [0.15, 0.2) is 0 Å². The molecular weight excluding hydrogens is 465 g/mol. The minimum atomic E-state index is -4.45. The number of amides is 3. The molecule has 176 valence electrons. The van der Waals surface area contributed by atoms with E-state index in [0.29, 0.717) is 16.9 Å². The Morgan fingerprint density at radius 2 is 1.63 bits per heavy atom. The number of hydrogen-bond donors (Lipinski definition) is 2. The van der Waals surface area contributed by atoms with Crippen LogP contribution < -0.4 is 10.6 Å². The van der Waals surface area contributed by atoms with Crippen LogP contribution in [0.5, 0.6) is 0 Å². The van der Waals surface area contributed by atoms with Crippen molar-refractivity contribution in [3.8, 4) is 0 Å². The fraction of sp³-hybridized carbons (Fsp3) is 0.0455. The molecule has 2 N–H and O–H groups in total. The number of rotatable bonds is 3. The smallest absolute Gasteiger partial charge is 0.307 e. The van der Waals surface area contributed by atoms with E-state index in [1.165, 1.54) is 36.8 Å². The molecular formula is C22H15F3N8O2. The number of benzene rings is 1. The quantitative estimate of drug-likeness (QED) is 0.215. The van der Waals surface area contributed by atoms with Gasteiger partial charge in [0.05, 0.1) is 16.8 Å². The molecule has 0 aliphatic heterocycles. The second-order valence-corrected chi connectivity index (χ2v) is 6.59. The maximum absolute atomic E-state index is 12.8.